The van der Waals surface area contributed by atoms with E-state index in [1.807, 2.05) is 11.3 Å². The number of nitrogens with one attached hydrogen (secondary N) is 1. The molecule has 1 unspecified atom stereocenters. The third-order valence-corrected chi connectivity index (χ3v) is 5.78. The fraction of sp³-hybridized carbons (Fsp3) is 0.500. The summed E-state index contributed by atoms with van der Waals surface area (Å²) in [4.78, 5) is 6.38. The van der Waals surface area contributed by atoms with Crippen molar-refractivity contribution in [1.82, 2.24) is 10.3 Å². The first kappa shape index (κ1) is 13.5. The van der Waals surface area contributed by atoms with Crippen LogP contribution in [0.3, 0.4) is 0 Å². The largest absolute Gasteiger partial charge is 0.310 e. The van der Waals surface area contributed by atoms with E-state index in [4.69, 9.17) is 4.98 Å². The van der Waals surface area contributed by atoms with Crippen LogP contribution in [0.5, 0.6) is 0 Å². The molecule has 3 heteroatoms. The molecule has 0 radical (unpaired) electrons. The summed E-state index contributed by atoms with van der Waals surface area (Å²) in [5.74, 6) is 1.63. The molecule has 110 valence electrons. The van der Waals surface area contributed by atoms with Crippen LogP contribution in [-0.4, -0.2) is 11.5 Å². The smallest absolute Gasteiger partial charge is 0.107 e. The van der Waals surface area contributed by atoms with Crippen molar-refractivity contribution in [3.8, 4) is 0 Å². The van der Waals surface area contributed by atoms with Crippen LogP contribution in [0.15, 0.2) is 30.3 Å². The van der Waals surface area contributed by atoms with Gasteiger partial charge in [-0.1, -0.05) is 30.3 Å². The van der Waals surface area contributed by atoms with E-state index in [9.17, 15) is 0 Å². The van der Waals surface area contributed by atoms with Gasteiger partial charge in [-0.05, 0) is 56.0 Å². The van der Waals surface area contributed by atoms with Gasteiger partial charge in [0.1, 0.15) is 5.01 Å². The number of aromatic nitrogens is 1. The van der Waals surface area contributed by atoms with E-state index in [-0.39, 0.29) is 0 Å². The number of hydrogen-bond donors (Lipinski definition) is 1. The Labute approximate surface area is 130 Å². The second kappa shape index (κ2) is 5.90. The molecular formula is C18H22N2S. The fourth-order valence-electron chi connectivity index (χ4n) is 3.22. The number of nitrogens with zero attached hydrogens (tertiary/aromatic N) is 1. The van der Waals surface area contributed by atoms with Crippen LogP contribution in [0, 0.1) is 5.92 Å². The second-order valence-electron chi connectivity index (χ2n) is 6.40. The van der Waals surface area contributed by atoms with Gasteiger partial charge in [0.05, 0.1) is 5.69 Å². The number of fused-ring (bicyclic) bond motifs is 1. The lowest BCUT2D eigenvalue weighted by atomic mass is 9.85. The molecule has 0 saturated heterocycles. The topological polar surface area (TPSA) is 24.9 Å². The third kappa shape index (κ3) is 3.19. The van der Waals surface area contributed by atoms with Gasteiger partial charge in [0.25, 0.3) is 0 Å². The van der Waals surface area contributed by atoms with Gasteiger partial charge in [-0.3, -0.25) is 0 Å². The van der Waals surface area contributed by atoms with Gasteiger partial charge in [-0.2, -0.15) is 0 Å². The average Bonchev–Trinajstić information content (AvgIpc) is 3.25. The maximum absolute atomic E-state index is 4.85. The van der Waals surface area contributed by atoms with Crippen molar-refractivity contribution in [1.29, 1.82) is 0 Å². The summed E-state index contributed by atoms with van der Waals surface area (Å²) >= 11 is 1.93. The Kier molecular flexibility index (Phi) is 3.78. The van der Waals surface area contributed by atoms with Gasteiger partial charge in [-0.15, -0.1) is 11.3 Å². The van der Waals surface area contributed by atoms with Gasteiger partial charge in [0, 0.05) is 11.4 Å². The van der Waals surface area contributed by atoms with Gasteiger partial charge in [0.15, 0.2) is 0 Å². The van der Waals surface area contributed by atoms with Crippen LogP contribution >= 0.6 is 11.3 Å². The molecule has 1 atom stereocenters. The number of aryl methyl sites for hydroxylation is 1. The van der Waals surface area contributed by atoms with Crippen molar-refractivity contribution >= 4 is 11.3 Å². The molecule has 2 aliphatic carbocycles. The predicted octanol–water partition coefficient (Wildman–Crippen LogP) is 3.92. The molecule has 21 heavy (non-hydrogen) atoms. The highest BCUT2D eigenvalue weighted by Gasteiger charge is 2.24. The minimum atomic E-state index is 0.687. The van der Waals surface area contributed by atoms with Crippen molar-refractivity contribution in [2.24, 2.45) is 5.92 Å². The maximum atomic E-state index is 4.85. The average molecular weight is 298 g/mol. The zero-order chi connectivity index (χ0) is 14.1. The molecule has 0 aliphatic heterocycles. The monoisotopic (exact) mass is 298 g/mol. The molecule has 2 nitrogen and oxygen atoms in total. The lowest BCUT2D eigenvalue weighted by Gasteiger charge is -2.21. The van der Waals surface area contributed by atoms with Crippen molar-refractivity contribution < 1.29 is 0 Å². The van der Waals surface area contributed by atoms with Crippen molar-refractivity contribution in [2.75, 3.05) is 6.54 Å². The van der Waals surface area contributed by atoms with Gasteiger partial charge in [0.2, 0.25) is 0 Å². The van der Waals surface area contributed by atoms with Crippen molar-refractivity contribution in [3.63, 3.8) is 0 Å². The first-order valence-electron chi connectivity index (χ1n) is 8.11. The number of hydrogen-bond acceptors (Lipinski definition) is 3. The van der Waals surface area contributed by atoms with Crippen molar-refractivity contribution in [3.05, 3.63) is 51.5 Å². The molecule has 1 heterocycles. The fourth-order valence-corrected chi connectivity index (χ4v) is 4.38. The summed E-state index contributed by atoms with van der Waals surface area (Å²) in [6.07, 6.45) is 6.41. The van der Waals surface area contributed by atoms with E-state index in [1.54, 1.807) is 0 Å². The van der Waals surface area contributed by atoms with E-state index in [2.05, 4.69) is 35.6 Å². The van der Waals surface area contributed by atoms with Crippen molar-refractivity contribution in [2.45, 2.75) is 44.6 Å². The minimum Gasteiger partial charge on any atom is -0.310 e. The standard InChI is InChI=1S/C18H22N2S/c1-2-4-14(5-3-1)15-8-9-16-17(10-15)21-18(20-16)12-19-11-13-6-7-13/h1-5,13,15,19H,6-12H2. The molecule has 4 rings (SSSR count). The summed E-state index contributed by atoms with van der Waals surface area (Å²) in [6, 6.07) is 11.0. The Morgan fingerprint density at radius 2 is 2.00 bits per heavy atom. The Morgan fingerprint density at radius 1 is 1.14 bits per heavy atom. The first-order valence-corrected chi connectivity index (χ1v) is 8.93. The molecule has 1 aromatic carbocycles. The van der Waals surface area contributed by atoms with Crippen LogP contribution in [0.2, 0.25) is 0 Å². The molecule has 1 saturated carbocycles. The Hall–Kier alpha value is -1.19. The van der Waals surface area contributed by atoms with Gasteiger partial charge >= 0.3 is 0 Å². The lowest BCUT2D eigenvalue weighted by Crippen LogP contribution is -2.16. The highest BCUT2D eigenvalue weighted by atomic mass is 32.1. The van der Waals surface area contributed by atoms with E-state index in [0.717, 1.165) is 18.9 Å². The first-order chi connectivity index (χ1) is 10.4. The predicted molar refractivity (Wildman–Crippen MR) is 87.8 cm³/mol. The van der Waals surface area contributed by atoms with Crippen LogP contribution in [-0.2, 0) is 19.4 Å². The van der Waals surface area contributed by atoms with Crippen LogP contribution in [0.4, 0.5) is 0 Å². The molecule has 1 fully saturated rings. The van der Waals surface area contributed by atoms with Crippen LogP contribution in [0.1, 0.15) is 46.3 Å². The van der Waals surface area contributed by atoms with E-state index < -0.39 is 0 Å². The molecule has 1 aromatic heterocycles. The molecule has 2 aromatic rings. The maximum Gasteiger partial charge on any atom is 0.107 e. The van der Waals surface area contributed by atoms with Crippen LogP contribution < -0.4 is 5.32 Å². The Balaban J connectivity index is 1.41. The number of rotatable bonds is 5. The van der Waals surface area contributed by atoms with Crippen LogP contribution in [0.25, 0.3) is 0 Å². The zero-order valence-electron chi connectivity index (χ0n) is 12.3. The molecule has 0 spiro atoms. The molecule has 1 N–H and O–H groups in total. The quantitative estimate of drug-likeness (QED) is 0.905. The number of benzene rings is 1. The van der Waals surface area contributed by atoms with Gasteiger partial charge in [-0.25, -0.2) is 4.98 Å². The highest BCUT2D eigenvalue weighted by molar-refractivity contribution is 7.11. The third-order valence-electron chi connectivity index (χ3n) is 4.66. The highest BCUT2D eigenvalue weighted by Crippen LogP contribution is 2.35. The minimum absolute atomic E-state index is 0.687. The summed E-state index contributed by atoms with van der Waals surface area (Å²) in [5.41, 5.74) is 2.86. The molecule has 2 aliphatic rings. The normalized spacial score (nSPS) is 21.2. The van der Waals surface area contributed by atoms with E-state index >= 15 is 0 Å². The Bertz CT molecular complexity index is 601. The zero-order valence-corrected chi connectivity index (χ0v) is 13.2. The molecule has 0 bridgehead atoms. The van der Waals surface area contributed by atoms with Gasteiger partial charge < -0.3 is 5.32 Å². The Morgan fingerprint density at radius 3 is 2.81 bits per heavy atom. The summed E-state index contributed by atoms with van der Waals surface area (Å²) < 4.78 is 0. The molecule has 0 amide bonds. The lowest BCUT2D eigenvalue weighted by molar-refractivity contribution is 0.582. The molecular weight excluding hydrogens is 276 g/mol. The SMILES string of the molecule is c1ccc(C2CCc3nc(CNCC4CC4)sc3C2)cc1. The summed E-state index contributed by atoms with van der Waals surface area (Å²) in [7, 11) is 0. The van der Waals surface area contributed by atoms with E-state index in [0.29, 0.717) is 5.92 Å². The number of thiazole rings is 1. The van der Waals surface area contributed by atoms with E-state index in [1.165, 1.54) is 53.4 Å². The summed E-state index contributed by atoms with van der Waals surface area (Å²) in [5, 5.41) is 4.85. The summed E-state index contributed by atoms with van der Waals surface area (Å²) in [6.45, 7) is 2.14. The second-order valence-corrected chi connectivity index (χ2v) is 7.57.